The molecule has 14 nitrogen and oxygen atoms in total. The van der Waals surface area contributed by atoms with Crippen molar-refractivity contribution >= 4 is 29.7 Å². The van der Waals surface area contributed by atoms with E-state index in [1.807, 2.05) is 0 Å². The van der Waals surface area contributed by atoms with Crippen LogP contribution in [0.1, 0.15) is 44.6 Å². The summed E-state index contributed by atoms with van der Waals surface area (Å²) in [5.41, 5.74) is 22.7. The summed E-state index contributed by atoms with van der Waals surface area (Å²) in [7, 11) is 0. The van der Waals surface area contributed by atoms with E-state index in [9.17, 15) is 29.4 Å². The van der Waals surface area contributed by atoms with Gasteiger partial charge in [-0.1, -0.05) is 30.3 Å². The van der Waals surface area contributed by atoms with E-state index in [1.165, 1.54) is 6.92 Å². The van der Waals surface area contributed by atoms with Gasteiger partial charge in [-0.25, -0.2) is 4.79 Å². The van der Waals surface area contributed by atoms with Gasteiger partial charge in [-0.05, 0) is 51.1 Å². The lowest BCUT2D eigenvalue weighted by Crippen LogP contribution is -2.60. The Bertz CT molecular complexity index is 955. The topological polar surface area (TPSA) is 261 Å². The number of carboxylic acid groups (broad SMARTS) is 1. The molecule has 0 aliphatic heterocycles. The van der Waals surface area contributed by atoms with Crippen LogP contribution in [0.4, 0.5) is 0 Å². The molecule has 39 heavy (non-hydrogen) atoms. The zero-order valence-electron chi connectivity index (χ0n) is 22.2. The first-order valence-electron chi connectivity index (χ1n) is 12.8. The highest BCUT2D eigenvalue weighted by Gasteiger charge is 2.32. The highest BCUT2D eigenvalue weighted by atomic mass is 16.4. The molecule has 1 aromatic rings. The van der Waals surface area contributed by atoms with Gasteiger partial charge in [0.05, 0.1) is 12.1 Å². The third-order valence-corrected chi connectivity index (χ3v) is 5.84. The maximum atomic E-state index is 13.1. The molecule has 0 heterocycles. The number of carboxylic acids is 1. The summed E-state index contributed by atoms with van der Waals surface area (Å²) in [6.45, 7) is 1.95. The zero-order valence-corrected chi connectivity index (χ0v) is 22.2. The van der Waals surface area contributed by atoms with Crippen molar-refractivity contribution in [1.29, 1.82) is 0 Å². The lowest BCUT2D eigenvalue weighted by atomic mass is 10.0. The summed E-state index contributed by atoms with van der Waals surface area (Å²) in [4.78, 5) is 54.3. The van der Waals surface area contributed by atoms with Crippen molar-refractivity contribution < 1.29 is 29.4 Å². The van der Waals surface area contributed by atoms with Crippen molar-refractivity contribution in [3.8, 4) is 0 Å². The van der Waals surface area contributed by atoms with Crippen LogP contribution >= 0.6 is 0 Å². The van der Waals surface area contributed by atoms with E-state index >= 15 is 0 Å². The van der Waals surface area contributed by atoms with Gasteiger partial charge in [-0.3, -0.25) is 19.4 Å². The summed E-state index contributed by atoms with van der Waals surface area (Å²) in [5.74, 6) is -3.55. The molecule has 0 aliphatic carbocycles. The van der Waals surface area contributed by atoms with Gasteiger partial charge in [0.1, 0.15) is 18.1 Å². The minimum Gasteiger partial charge on any atom is -0.480 e. The predicted octanol–water partition coefficient (Wildman–Crippen LogP) is -2.34. The van der Waals surface area contributed by atoms with Gasteiger partial charge in [0, 0.05) is 13.0 Å². The van der Waals surface area contributed by atoms with Crippen molar-refractivity contribution in [3.05, 3.63) is 35.9 Å². The molecule has 0 fully saturated rings. The highest BCUT2D eigenvalue weighted by molar-refractivity contribution is 5.94. The maximum absolute atomic E-state index is 13.1. The summed E-state index contributed by atoms with van der Waals surface area (Å²) in [6, 6.07) is 3.92. The molecule has 0 spiro atoms. The molecular formula is C25H42N8O6. The number of unbranched alkanes of at least 4 members (excludes halogenated alkanes) is 1. The van der Waals surface area contributed by atoms with Crippen molar-refractivity contribution in [2.45, 2.75) is 75.7 Å². The number of hydrogen-bond acceptors (Lipinski definition) is 8. The number of carbonyl (C=O) groups excluding carboxylic acids is 3. The Balaban J connectivity index is 2.90. The lowest BCUT2D eigenvalue weighted by Gasteiger charge is -2.26. The minimum absolute atomic E-state index is 0.00122. The van der Waals surface area contributed by atoms with E-state index in [0.717, 1.165) is 0 Å². The molecule has 0 aromatic heterocycles. The Kier molecular flexibility index (Phi) is 15.1. The Labute approximate surface area is 228 Å². The third kappa shape index (κ3) is 13.0. The summed E-state index contributed by atoms with van der Waals surface area (Å²) < 4.78 is 0. The molecule has 1 aromatic carbocycles. The average Bonchev–Trinajstić information content (AvgIpc) is 2.88. The molecule has 5 unspecified atom stereocenters. The standard InChI is InChI=1S/C25H42N8O6/c1-15(34)20(23(37)32-19(24(38)39)14-16-8-3-2-4-9-16)33-22(36)18(11-5-6-12-26)31-21(35)17(27)10-7-13-30-25(28)29/h2-4,8-9,15,17-20,34H,5-7,10-14,26-27H2,1H3,(H,31,35)(H,32,37)(H,33,36)(H,38,39)(H4,28,29,30). The minimum atomic E-state index is -1.47. The van der Waals surface area contributed by atoms with Gasteiger partial charge in [-0.2, -0.15) is 0 Å². The monoisotopic (exact) mass is 550 g/mol. The van der Waals surface area contributed by atoms with E-state index < -0.39 is 54.0 Å². The normalized spacial score (nSPS) is 14.7. The second-order valence-corrected chi connectivity index (χ2v) is 9.22. The lowest BCUT2D eigenvalue weighted by molar-refractivity contribution is -0.143. The van der Waals surface area contributed by atoms with Crippen molar-refractivity contribution in [3.63, 3.8) is 0 Å². The smallest absolute Gasteiger partial charge is 0.326 e. The fourth-order valence-corrected chi connectivity index (χ4v) is 3.66. The second-order valence-electron chi connectivity index (χ2n) is 9.22. The molecule has 13 N–H and O–H groups in total. The maximum Gasteiger partial charge on any atom is 0.326 e. The van der Waals surface area contributed by atoms with Gasteiger partial charge in [-0.15, -0.1) is 0 Å². The van der Waals surface area contributed by atoms with Crippen LogP contribution < -0.4 is 38.9 Å². The van der Waals surface area contributed by atoms with Gasteiger partial charge in [0.15, 0.2) is 5.96 Å². The molecule has 1 rings (SSSR count). The Morgan fingerprint density at radius 2 is 1.54 bits per heavy atom. The SMILES string of the molecule is CC(O)C(NC(=O)C(CCCCN)NC(=O)C(N)CCCN=C(N)N)C(=O)NC(Cc1ccccc1)C(=O)O. The zero-order chi connectivity index (χ0) is 29.4. The summed E-state index contributed by atoms with van der Waals surface area (Å²) in [5, 5.41) is 27.2. The fourth-order valence-electron chi connectivity index (χ4n) is 3.66. The molecule has 14 heteroatoms. The molecule has 218 valence electrons. The van der Waals surface area contributed by atoms with Crippen LogP contribution in [0.3, 0.4) is 0 Å². The number of aliphatic hydroxyl groups is 1. The van der Waals surface area contributed by atoms with Crippen LogP contribution in [-0.2, 0) is 25.6 Å². The number of carbonyl (C=O) groups is 4. The first kappa shape index (κ1) is 33.3. The van der Waals surface area contributed by atoms with Crippen molar-refractivity contribution in [2.75, 3.05) is 13.1 Å². The quantitative estimate of drug-likeness (QED) is 0.0534. The van der Waals surface area contributed by atoms with Crippen LogP contribution in [0.25, 0.3) is 0 Å². The van der Waals surface area contributed by atoms with Gasteiger partial charge in [0.2, 0.25) is 17.7 Å². The molecular weight excluding hydrogens is 508 g/mol. The Morgan fingerprint density at radius 1 is 0.897 bits per heavy atom. The number of nitrogens with zero attached hydrogens (tertiary/aromatic N) is 1. The predicted molar refractivity (Wildman–Crippen MR) is 146 cm³/mol. The molecule has 5 atom stereocenters. The van der Waals surface area contributed by atoms with Crippen LogP contribution in [0.5, 0.6) is 0 Å². The molecule has 3 amide bonds. The van der Waals surface area contributed by atoms with E-state index in [2.05, 4.69) is 20.9 Å². The van der Waals surface area contributed by atoms with Crippen molar-refractivity contribution in [1.82, 2.24) is 16.0 Å². The Hall–Kier alpha value is -3.75. The molecule has 0 saturated carbocycles. The number of nitrogens with one attached hydrogen (secondary N) is 3. The van der Waals surface area contributed by atoms with Crippen LogP contribution in [0.15, 0.2) is 35.3 Å². The number of benzene rings is 1. The third-order valence-electron chi connectivity index (χ3n) is 5.84. The highest BCUT2D eigenvalue weighted by Crippen LogP contribution is 2.07. The number of nitrogens with two attached hydrogens (primary N) is 4. The first-order chi connectivity index (χ1) is 18.5. The van der Waals surface area contributed by atoms with E-state index in [-0.39, 0.29) is 31.8 Å². The number of rotatable bonds is 18. The number of amides is 3. The molecule has 0 saturated heterocycles. The second kappa shape index (κ2) is 17.7. The summed E-state index contributed by atoms with van der Waals surface area (Å²) in [6.07, 6.45) is 0.628. The number of aliphatic imine (C=N–C) groups is 1. The first-order valence-corrected chi connectivity index (χ1v) is 12.8. The molecule has 0 radical (unpaired) electrons. The van der Waals surface area contributed by atoms with Crippen LogP contribution in [-0.4, -0.2) is 83.2 Å². The average molecular weight is 551 g/mol. The molecule has 0 aliphatic rings. The summed E-state index contributed by atoms with van der Waals surface area (Å²) >= 11 is 0. The van der Waals surface area contributed by atoms with E-state index in [1.54, 1.807) is 30.3 Å². The number of aliphatic hydroxyl groups excluding tert-OH is 1. The molecule has 0 bridgehead atoms. The van der Waals surface area contributed by atoms with Gasteiger partial charge < -0.3 is 49.1 Å². The van der Waals surface area contributed by atoms with Gasteiger partial charge >= 0.3 is 5.97 Å². The fraction of sp³-hybridized carbons (Fsp3) is 0.560. The van der Waals surface area contributed by atoms with E-state index in [4.69, 9.17) is 22.9 Å². The largest absolute Gasteiger partial charge is 0.480 e. The van der Waals surface area contributed by atoms with Gasteiger partial charge in [0.25, 0.3) is 0 Å². The number of aliphatic carboxylic acids is 1. The van der Waals surface area contributed by atoms with Crippen LogP contribution in [0, 0.1) is 0 Å². The Morgan fingerprint density at radius 3 is 2.10 bits per heavy atom. The number of hydrogen-bond donors (Lipinski definition) is 9. The number of guanidine groups is 1. The van der Waals surface area contributed by atoms with Crippen LogP contribution in [0.2, 0.25) is 0 Å². The van der Waals surface area contributed by atoms with Crippen molar-refractivity contribution in [2.24, 2.45) is 27.9 Å². The van der Waals surface area contributed by atoms with E-state index in [0.29, 0.717) is 31.4 Å².